The number of anilines is 2. The minimum Gasteiger partial charge on any atom is -0.444 e. The van der Waals surface area contributed by atoms with Crippen LogP contribution in [-0.2, 0) is 19.6 Å². The Morgan fingerprint density at radius 2 is 1.90 bits per heavy atom. The number of carbonyl (C=O) groups is 2. The third-order valence-electron chi connectivity index (χ3n) is 4.68. The van der Waals surface area contributed by atoms with Crippen LogP contribution in [0.1, 0.15) is 20.8 Å². The molecule has 1 saturated heterocycles. The van der Waals surface area contributed by atoms with Crippen molar-refractivity contribution in [3.05, 3.63) is 18.2 Å². The predicted octanol–water partition coefficient (Wildman–Crippen LogP) is 1.06. The lowest BCUT2D eigenvalue weighted by Crippen LogP contribution is -2.63. The summed E-state index contributed by atoms with van der Waals surface area (Å²) in [5.41, 5.74) is 1.01. The lowest BCUT2D eigenvalue weighted by molar-refractivity contribution is -0.115. The van der Waals surface area contributed by atoms with Crippen molar-refractivity contribution in [3.8, 4) is 0 Å². The molecule has 12 heteroatoms. The number of nitrogens with one attached hydrogen (secondary N) is 2. The Morgan fingerprint density at radius 1 is 1.19 bits per heavy atom. The largest absolute Gasteiger partial charge is 0.444 e. The maximum absolute atomic E-state index is 12.1. The van der Waals surface area contributed by atoms with Gasteiger partial charge in [0.2, 0.25) is 10.0 Å². The van der Waals surface area contributed by atoms with Gasteiger partial charge in [-0.05, 0) is 39.0 Å². The molecule has 0 aliphatic carbocycles. The second kappa shape index (κ2) is 7.22. The van der Waals surface area contributed by atoms with Gasteiger partial charge in [-0.1, -0.05) is 0 Å². The minimum absolute atomic E-state index is 0.0527. The van der Waals surface area contributed by atoms with Gasteiger partial charge in [0.1, 0.15) is 12.1 Å². The maximum Gasteiger partial charge on any atom is 0.407 e. The number of rotatable bonds is 3. The first kappa shape index (κ1) is 21.1. The Kier molecular flexibility index (Phi) is 4.91. The molecule has 1 fully saturated rings. The molecular formula is C19H24N6O5S. The van der Waals surface area contributed by atoms with Gasteiger partial charge in [-0.15, -0.1) is 0 Å². The molecule has 0 aromatic heterocycles. The zero-order valence-electron chi connectivity index (χ0n) is 17.7. The molecule has 0 radical (unpaired) electrons. The van der Waals surface area contributed by atoms with Crippen LogP contribution in [0.15, 0.2) is 28.2 Å². The molecule has 11 nitrogen and oxygen atoms in total. The number of sulfonamides is 1. The lowest BCUT2D eigenvalue weighted by Gasteiger charge is -2.43. The van der Waals surface area contributed by atoms with Crippen molar-refractivity contribution >= 4 is 50.8 Å². The van der Waals surface area contributed by atoms with Gasteiger partial charge in [0.25, 0.3) is 5.91 Å². The van der Waals surface area contributed by atoms with Crippen LogP contribution in [0.2, 0.25) is 0 Å². The summed E-state index contributed by atoms with van der Waals surface area (Å²) in [6.45, 7) is 6.46. The SMILES string of the molecule is CC(C)(C)OC(=O)NC1CN(C2=Nc3ccc(NS(C)(=O)=O)cc3N3CC(=O)N=C23)C1. The second-order valence-electron chi connectivity index (χ2n) is 8.68. The summed E-state index contributed by atoms with van der Waals surface area (Å²) in [6.07, 6.45) is 0.592. The predicted molar refractivity (Wildman–Crippen MR) is 117 cm³/mol. The fourth-order valence-electron chi connectivity index (χ4n) is 3.50. The molecule has 0 atom stereocenters. The number of likely N-dealkylation sites (tertiary alicyclic amines) is 1. The normalized spacial score (nSPS) is 18.5. The number of hydrogen-bond acceptors (Lipinski definition) is 8. The van der Waals surface area contributed by atoms with Crippen LogP contribution in [0.4, 0.5) is 21.9 Å². The van der Waals surface area contributed by atoms with E-state index in [-0.39, 0.29) is 18.5 Å². The monoisotopic (exact) mass is 448 g/mol. The van der Waals surface area contributed by atoms with Crippen LogP contribution >= 0.6 is 0 Å². The van der Waals surface area contributed by atoms with E-state index in [0.717, 1.165) is 6.26 Å². The number of amidine groups is 2. The summed E-state index contributed by atoms with van der Waals surface area (Å²) >= 11 is 0. The molecule has 1 aromatic carbocycles. The van der Waals surface area contributed by atoms with E-state index in [1.54, 1.807) is 43.9 Å². The highest BCUT2D eigenvalue weighted by Gasteiger charge is 2.40. The average Bonchev–Trinajstić information content (AvgIpc) is 2.96. The molecule has 166 valence electrons. The van der Waals surface area contributed by atoms with Crippen LogP contribution in [0.3, 0.4) is 0 Å². The van der Waals surface area contributed by atoms with Gasteiger partial charge in [0.05, 0.1) is 29.4 Å². The Labute approximate surface area is 180 Å². The summed E-state index contributed by atoms with van der Waals surface area (Å²) in [7, 11) is -3.44. The topological polar surface area (TPSA) is 133 Å². The van der Waals surface area contributed by atoms with Gasteiger partial charge in [-0.2, -0.15) is 4.99 Å². The van der Waals surface area contributed by atoms with Gasteiger partial charge in [0.15, 0.2) is 11.7 Å². The van der Waals surface area contributed by atoms with Gasteiger partial charge in [0, 0.05) is 13.1 Å². The molecule has 0 spiro atoms. The molecule has 0 unspecified atom stereocenters. The number of carbonyl (C=O) groups excluding carboxylic acids is 2. The fraction of sp³-hybridized carbons (Fsp3) is 0.474. The highest BCUT2D eigenvalue weighted by molar-refractivity contribution is 7.92. The summed E-state index contributed by atoms with van der Waals surface area (Å²) in [6, 6.07) is 4.84. The standard InChI is InChI=1S/C19H24N6O5S/c1-19(2,3)30-18(27)20-12-8-24(9-12)16-17-22-15(26)10-25(17)14-7-11(23-31(4,28)29)5-6-13(14)21-16/h5-7,12,23H,8-10H2,1-4H3,(H,20,27). The molecule has 2 N–H and O–H groups in total. The molecule has 4 rings (SSSR count). The first-order valence-electron chi connectivity index (χ1n) is 9.72. The second-order valence-corrected chi connectivity index (χ2v) is 10.4. The van der Waals surface area contributed by atoms with Crippen LogP contribution in [-0.4, -0.2) is 74.5 Å². The van der Waals surface area contributed by atoms with Crippen molar-refractivity contribution in [3.63, 3.8) is 0 Å². The number of nitrogens with zero attached hydrogens (tertiary/aromatic N) is 4. The molecule has 1 aromatic rings. The smallest absolute Gasteiger partial charge is 0.407 e. The van der Waals surface area contributed by atoms with E-state index >= 15 is 0 Å². The third kappa shape index (κ3) is 4.63. The Hall–Kier alpha value is -3.15. The van der Waals surface area contributed by atoms with Crippen molar-refractivity contribution < 1.29 is 22.7 Å². The third-order valence-corrected chi connectivity index (χ3v) is 5.28. The lowest BCUT2D eigenvalue weighted by atomic mass is 10.1. The van der Waals surface area contributed by atoms with Crippen LogP contribution in [0, 0.1) is 0 Å². The molecular weight excluding hydrogens is 424 g/mol. The van der Waals surface area contributed by atoms with E-state index < -0.39 is 21.7 Å². The molecule has 3 aliphatic rings. The average molecular weight is 449 g/mol. The molecule has 3 aliphatic heterocycles. The number of alkyl carbamates (subject to hydrolysis) is 1. The van der Waals surface area contributed by atoms with Crippen molar-refractivity contribution in [2.45, 2.75) is 32.4 Å². The van der Waals surface area contributed by atoms with Crippen molar-refractivity contribution in [2.75, 3.05) is 35.5 Å². The van der Waals surface area contributed by atoms with E-state index in [0.29, 0.717) is 41.8 Å². The first-order valence-corrected chi connectivity index (χ1v) is 11.6. The first-order chi connectivity index (χ1) is 14.4. The van der Waals surface area contributed by atoms with E-state index in [1.165, 1.54) is 0 Å². The van der Waals surface area contributed by atoms with E-state index in [4.69, 9.17) is 4.74 Å². The van der Waals surface area contributed by atoms with E-state index in [9.17, 15) is 18.0 Å². The van der Waals surface area contributed by atoms with Crippen LogP contribution < -0.4 is 14.9 Å². The number of benzene rings is 1. The molecule has 0 bridgehead atoms. The van der Waals surface area contributed by atoms with Gasteiger partial charge in [-0.25, -0.2) is 18.2 Å². The summed E-state index contributed by atoms with van der Waals surface area (Å²) in [5.74, 6) is 0.662. The van der Waals surface area contributed by atoms with Crippen molar-refractivity contribution in [2.24, 2.45) is 9.98 Å². The Bertz CT molecular complexity index is 1120. The van der Waals surface area contributed by atoms with Gasteiger partial charge < -0.3 is 19.9 Å². The maximum atomic E-state index is 12.1. The number of aliphatic imine (C=N–C) groups is 2. The van der Waals surface area contributed by atoms with Crippen LogP contribution in [0.5, 0.6) is 0 Å². The Morgan fingerprint density at radius 3 is 2.55 bits per heavy atom. The van der Waals surface area contributed by atoms with Gasteiger partial charge >= 0.3 is 6.09 Å². The minimum atomic E-state index is -3.44. The molecule has 0 saturated carbocycles. The number of hydrogen-bond donors (Lipinski definition) is 2. The summed E-state index contributed by atoms with van der Waals surface area (Å²) in [5, 5.41) is 2.82. The summed E-state index contributed by atoms with van der Waals surface area (Å²) in [4.78, 5) is 36.4. The molecule has 2 amide bonds. The molecule has 3 heterocycles. The van der Waals surface area contributed by atoms with E-state index in [2.05, 4.69) is 20.0 Å². The summed E-state index contributed by atoms with van der Waals surface area (Å²) < 4.78 is 30.8. The zero-order chi connectivity index (χ0) is 22.6. The van der Waals surface area contributed by atoms with Crippen molar-refractivity contribution in [1.82, 2.24) is 10.2 Å². The number of fused-ring (bicyclic) bond motifs is 3. The van der Waals surface area contributed by atoms with Crippen molar-refractivity contribution in [1.29, 1.82) is 0 Å². The van der Waals surface area contributed by atoms with Gasteiger partial charge in [-0.3, -0.25) is 9.52 Å². The quantitative estimate of drug-likeness (QED) is 0.706. The highest BCUT2D eigenvalue weighted by Crippen LogP contribution is 2.38. The Balaban J connectivity index is 1.53. The van der Waals surface area contributed by atoms with Crippen LogP contribution in [0.25, 0.3) is 0 Å². The number of amides is 2. The number of ether oxygens (including phenoxy) is 1. The van der Waals surface area contributed by atoms with E-state index in [1.807, 2.05) is 4.90 Å². The molecule has 31 heavy (non-hydrogen) atoms. The zero-order valence-corrected chi connectivity index (χ0v) is 18.5. The highest BCUT2D eigenvalue weighted by atomic mass is 32.2. The fourth-order valence-corrected chi connectivity index (χ4v) is 4.05.